The smallest absolute Gasteiger partial charge is 0.212 e. The Hall–Kier alpha value is 0.372. The van der Waals surface area contributed by atoms with Crippen molar-refractivity contribution < 1.29 is 15.3 Å². The van der Waals surface area contributed by atoms with E-state index < -0.39 is 25.4 Å². The van der Waals surface area contributed by atoms with Gasteiger partial charge in [-0.25, -0.2) is 0 Å². The van der Waals surface area contributed by atoms with Crippen LogP contribution in [0.25, 0.3) is 0 Å². The predicted molar refractivity (Wildman–Crippen MR) is 79.4 cm³/mol. The van der Waals surface area contributed by atoms with Gasteiger partial charge < -0.3 is 21.1 Å². The molecule has 0 radical (unpaired) electrons. The van der Waals surface area contributed by atoms with Crippen molar-refractivity contribution in [2.24, 2.45) is 17.1 Å². The molecule has 0 aliphatic heterocycles. The minimum absolute atomic E-state index is 0.403. The predicted octanol–water partition coefficient (Wildman–Crippen LogP) is 0.161. The van der Waals surface area contributed by atoms with Crippen molar-refractivity contribution in [2.75, 3.05) is 19.8 Å². The highest BCUT2D eigenvalue weighted by atomic mass is 27.0. The summed E-state index contributed by atoms with van der Waals surface area (Å²) in [6, 6.07) is 0. The molecule has 18 heavy (non-hydrogen) atoms. The van der Waals surface area contributed by atoms with E-state index in [0.717, 1.165) is 5.92 Å². The van der Waals surface area contributed by atoms with E-state index in [4.69, 9.17) is 21.1 Å². The summed E-state index contributed by atoms with van der Waals surface area (Å²) in [7, 11) is 0. The van der Waals surface area contributed by atoms with Crippen LogP contribution in [0.4, 0.5) is 0 Å². The summed E-state index contributed by atoms with van der Waals surface area (Å²) in [6.45, 7) is 8.27. The summed E-state index contributed by atoms with van der Waals surface area (Å²) in [5.74, 6) is 0.930. The van der Waals surface area contributed by atoms with Crippen molar-refractivity contribution in [3.8, 4) is 0 Å². The first-order valence-electron chi connectivity index (χ1n) is 6.84. The maximum atomic E-state index is 8.34. The summed E-state index contributed by atoms with van der Waals surface area (Å²) < 4.78 is 0. The lowest BCUT2D eigenvalue weighted by atomic mass is 9.77. The van der Waals surface area contributed by atoms with Crippen LogP contribution in [-0.2, 0) is 0 Å². The molecule has 0 aromatic heterocycles. The highest BCUT2D eigenvalue weighted by molar-refractivity contribution is 6.08. The van der Waals surface area contributed by atoms with Gasteiger partial charge in [-0.2, -0.15) is 0 Å². The third-order valence-electron chi connectivity index (χ3n) is 3.79. The van der Waals surface area contributed by atoms with Crippen LogP contribution < -0.4 is 5.73 Å². The van der Waals surface area contributed by atoms with Crippen LogP contribution in [0, 0.1) is 11.3 Å². The minimum Gasteiger partial charge on any atom is -0.394 e. The van der Waals surface area contributed by atoms with E-state index in [1.165, 1.54) is 34.4 Å². The Labute approximate surface area is 120 Å². The molecule has 0 fully saturated rings. The molecule has 0 spiro atoms. The number of hydrogen-bond donors (Lipinski definition) is 4. The first kappa shape index (κ1) is 20.7. The van der Waals surface area contributed by atoms with Crippen molar-refractivity contribution in [1.82, 2.24) is 0 Å². The Morgan fingerprint density at radius 2 is 1.50 bits per heavy atom. The molecule has 0 bridgehead atoms. The van der Waals surface area contributed by atoms with Crippen molar-refractivity contribution in [3.63, 3.8) is 0 Å². The zero-order valence-electron chi connectivity index (χ0n) is 12.7. The van der Waals surface area contributed by atoms with Gasteiger partial charge in [-0.15, -0.1) is 0 Å². The van der Waals surface area contributed by atoms with Gasteiger partial charge in [-0.05, 0) is 11.8 Å². The molecule has 0 aliphatic rings. The fraction of sp³-hybridized carbons (Fsp3) is 1.00. The summed E-state index contributed by atoms with van der Waals surface area (Å²) in [4.78, 5) is 0. The monoisotopic (exact) mass is 277 g/mol. The molecule has 0 rings (SSSR count). The van der Waals surface area contributed by atoms with E-state index in [0.29, 0.717) is 5.41 Å². The van der Waals surface area contributed by atoms with Gasteiger partial charge in [0, 0.05) is 0 Å². The molecule has 110 valence electrons. The molecule has 1 unspecified atom stereocenters. The molecule has 0 amide bonds. The molecular formula is C13H32AlNO3. The normalized spacial score (nSPS) is 13.8. The zero-order chi connectivity index (χ0) is 14.8. The summed E-state index contributed by atoms with van der Waals surface area (Å²) >= 11 is 1.36. The van der Waals surface area contributed by atoms with Crippen LogP contribution in [0.2, 0.25) is 5.28 Å². The third-order valence-corrected chi connectivity index (χ3v) is 5.01. The van der Waals surface area contributed by atoms with E-state index in [1.807, 2.05) is 0 Å². The van der Waals surface area contributed by atoms with E-state index in [-0.39, 0.29) is 0 Å². The van der Waals surface area contributed by atoms with Crippen LogP contribution in [-0.4, -0.2) is 57.0 Å². The molecule has 5 heteroatoms. The standard InChI is InChI=1S/C9H19.C4H11NO3.Al.2H/c1-6-7-9(4,5)8(2)3;5-4(1-6,2-7)3-8;;;/h8H,2,6-7H2,1,3-5H3;6-8H,1-3,5H2;;;. The van der Waals surface area contributed by atoms with Gasteiger partial charge >= 0.3 is 0 Å². The summed E-state index contributed by atoms with van der Waals surface area (Å²) in [5.41, 5.74) is 4.53. The van der Waals surface area contributed by atoms with E-state index in [2.05, 4.69) is 27.7 Å². The highest BCUT2D eigenvalue weighted by Gasteiger charge is 2.22. The molecule has 4 nitrogen and oxygen atoms in total. The molecule has 0 aromatic rings. The van der Waals surface area contributed by atoms with Crippen LogP contribution in [0.5, 0.6) is 0 Å². The van der Waals surface area contributed by atoms with Crippen LogP contribution >= 0.6 is 0 Å². The molecule has 0 aromatic carbocycles. The summed E-state index contributed by atoms with van der Waals surface area (Å²) in [6.07, 6.45) is 2.72. The quantitative estimate of drug-likeness (QED) is 0.499. The first-order chi connectivity index (χ1) is 8.22. The van der Waals surface area contributed by atoms with Crippen molar-refractivity contribution in [3.05, 3.63) is 0 Å². The molecule has 0 heterocycles. The zero-order valence-corrected chi connectivity index (χ0v) is 14.7. The second-order valence-electron chi connectivity index (χ2n) is 5.88. The highest BCUT2D eigenvalue weighted by Crippen LogP contribution is 2.33. The number of rotatable bonds is 7. The Balaban J connectivity index is 0. The van der Waals surface area contributed by atoms with E-state index in [9.17, 15) is 0 Å². The lowest BCUT2D eigenvalue weighted by Gasteiger charge is -2.31. The SMILES string of the molecule is CCCC(C)(C)C(C)[CH2][AlH2].NC(CO)(CO)CO. The number of nitrogens with two attached hydrogens (primary N) is 1. The van der Waals surface area contributed by atoms with Crippen molar-refractivity contribution >= 4 is 16.3 Å². The molecule has 1 atom stereocenters. The van der Waals surface area contributed by atoms with E-state index in [1.54, 1.807) is 0 Å². The minimum atomic E-state index is -1.21. The third kappa shape index (κ3) is 8.47. The largest absolute Gasteiger partial charge is 0.394 e. The van der Waals surface area contributed by atoms with Crippen molar-refractivity contribution in [2.45, 2.75) is 51.4 Å². The van der Waals surface area contributed by atoms with Gasteiger partial charge in [0.25, 0.3) is 0 Å². The molecule has 5 N–H and O–H groups in total. The Kier molecular flexibility index (Phi) is 11.7. The Bertz CT molecular complexity index is 188. The van der Waals surface area contributed by atoms with Crippen LogP contribution in [0.3, 0.4) is 0 Å². The second-order valence-corrected chi connectivity index (χ2v) is 6.70. The van der Waals surface area contributed by atoms with Crippen molar-refractivity contribution in [1.29, 1.82) is 0 Å². The van der Waals surface area contributed by atoms with E-state index >= 15 is 0 Å². The lowest BCUT2D eigenvalue weighted by molar-refractivity contribution is 0.0698. The van der Waals surface area contributed by atoms with Gasteiger partial charge in [-0.1, -0.05) is 45.3 Å². The average molecular weight is 277 g/mol. The fourth-order valence-corrected chi connectivity index (χ4v) is 2.70. The maximum Gasteiger partial charge on any atom is 0.212 e. The van der Waals surface area contributed by atoms with Crippen LogP contribution in [0.15, 0.2) is 0 Å². The fourth-order valence-electron chi connectivity index (χ4n) is 1.59. The number of aliphatic hydroxyl groups excluding tert-OH is 3. The van der Waals surface area contributed by atoms with Gasteiger partial charge in [0.2, 0.25) is 16.3 Å². The average Bonchev–Trinajstić information content (AvgIpc) is 2.37. The molecule has 0 aliphatic carbocycles. The Morgan fingerprint density at radius 3 is 1.67 bits per heavy atom. The lowest BCUT2D eigenvalue weighted by Crippen LogP contribution is -2.50. The molecule has 0 saturated heterocycles. The van der Waals surface area contributed by atoms with Gasteiger partial charge in [-0.3, -0.25) is 0 Å². The molecular weight excluding hydrogens is 245 g/mol. The Morgan fingerprint density at radius 1 is 1.11 bits per heavy atom. The maximum absolute atomic E-state index is 8.34. The van der Waals surface area contributed by atoms with Crippen LogP contribution in [0.1, 0.15) is 40.5 Å². The van der Waals surface area contributed by atoms with Gasteiger partial charge in [0.05, 0.1) is 25.4 Å². The molecule has 0 saturated carbocycles. The van der Waals surface area contributed by atoms with Gasteiger partial charge in [0.1, 0.15) is 0 Å². The summed E-state index contributed by atoms with van der Waals surface area (Å²) in [5, 5.41) is 26.5. The number of hydrogen-bond acceptors (Lipinski definition) is 4. The number of aliphatic hydroxyl groups is 3. The second kappa shape index (κ2) is 10.2. The van der Waals surface area contributed by atoms with Gasteiger partial charge in [0.15, 0.2) is 0 Å². The topological polar surface area (TPSA) is 86.7 Å². The first-order valence-corrected chi connectivity index (χ1v) is 8.25.